The predicted molar refractivity (Wildman–Crippen MR) is 110 cm³/mol. The van der Waals surface area contributed by atoms with Crippen molar-refractivity contribution in [3.63, 3.8) is 0 Å². The zero-order chi connectivity index (χ0) is 19.1. The second-order valence-electron chi connectivity index (χ2n) is 6.89. The second kappa shape index (κ2) is 16.0. The van der Waals surface area contributed by atoms with Gasteiger partial charge in [0.25, 0.3) is 0 Å². The Hall–Kier alpha value is -0.200. The zero-order valence-corrected chi connectivity index (χ0v) is 18.0. The summed E-state index contributed by atoms with van der Waals surface area (Å²) in [5.74, 6) is 0. The maximum Gasteiger partial charge on any atom is 0.0618 e. The minimum Gasteiger partial charge on any atom is -0.395 e. The molecule has 0 aromatic rings. The van der Waals surface area contributed by atoms with E-state index in [0.29, 0.717) is 6.17 Å². The van der Waals surface area contributed by atoms with Crippen LogP contribution in [-0.2, 0) is 0 Å². The highest BCUT2D eigenvalue weighted by molar-refractivity contribution is 4.72. The Kier molecular flexibility index (Phi) is 15.9. The Balaban J connectivity index is 4.66. The number of likely N-dealkylation sites (N-methyl/N-ethyl adjacent to an activating group) is 1. The molecule has 0 aliphatic heterocycles. The van der Waals surface area contributed by atoms with Gasteiger partial charge < -0.3 is 14.9 Å². The molecule has 152 valence electrons. The fourth-order valence-corrected chi connectivity index (χ4v) is 3.64. The van der Waals surface area contributed by atoms with E-state index in [1.807, 2.05) is 0 Å². The zero-order valence-electron chi connectivity index (χ0n) is 18.0. The van der Waals surface area contributed by atoms with Gasteiger partial charge in [0.05, 0.1) is 12.8 Å². The van der Waals surface area contributed by atoms with E-state index in [4.69, 9.17) is 0 Å². The third-order valence-electron chi connectivity index (χ3n) is 5.38. The first kappa shape index (κ1) is 24.8. The molecule has 0 heterocycles. The van der Waals surface area contributed by atoms with Crippen molar-refractivity contribution in [1.29, 1.82) is 0 Å². The Morgan fingerprint density at radius 1 is 0.680 bits per heavy atom. The van der Waals surface area contributed by atoms with E-state index in [1.54, 1.807) is 0 Å². The van der Waals surface area contributed by atoms with Gasteiger partial charge in [0.1, 0.15) is 0 Å². The number of aliphatic hydroxyl groups excluding tert-OH is 1. The molecule has 0 aromatic carbocycles. The lowest BCUT2D eigenvalue weighted by molar-refractivity contribution is 0.0406. The van der Waals surface area contributed by atoms with Crippen molar-refractivity contribution in [2.45, 2.75) is 60.0 Å². The number of nitrogens with zero attached hydrogens (tertiary/aromatic N) is 4. The van der Waals surface area contributed by atoms with E-state index >= 15 is 0 Å². The summed E-state index contributed by atoms with van der Waals surface area (Å²) < 4.78 is 0. The lowest BCUT2D eigenvalue weighted by Crippen LogP contribution is -2.49. The maximum absolute atomic E-state index is 9.31. The maximum atomic E-state index is 9.31. The molecule has 0 fully saturated rings. The third kappa shape index (κ3) is 10.5. The Morgan fingerprint density at radius 3 is 1.44 bits per heavy atom. The molecular weight excluding hydrogens is 312 g/mol. The molecular formula is C20H46N4O. The summed E-state index contributed by atoms with van der Waals surface area (Å²) >= 11 is 0. The first-order valence-electron chi connectivity index (χ1n) is 10.6. The predicted octanol–water partition coefficient (Wildman–Crippen LogP) is 2.41. The highest BCUT2D eigenvalue weighted by Crippen LogP contribution is 2.11. The number of hydrogen-bond donors (Lipinski definition) is 1. The van der Waals surface area contributed by atoms with Gasteiger partial charge in [-0.1, -0.05) is 34.6 Å². The van der Waals surface area contributed by atoms with Crippen molar-refractivity contribution in [2.75, 3.05) is 72.6 Å². The average Bonchev–Trinajstić information content (AvgIpc) is 2.62. The fourth-order valence-electron chi connectivity index (χ4n) is 3.64. The summed E-state index contributed by atoms with van der Waals surface area (Å²) in [6.07, 6.45) is 3.97. The van der Waals surface area contributed by atoms with Crippen molar-refractivity contribution in [3.8, 4) is 0 Å². The van der Waals surface area contributed by atoms with Crippen molar-refractivity contribution in [1.82, 2.24) is 19.6 Å². The van der Waals surface area contributed by atoms with Crippen LogP contribution < -0.4 is 0 Å². The van der Waals surface area contributed by atoms with Crippen LogP contribution in [0.5, 0.6) is 0 Å². The van der Waals surface area contributed by atoms with Gasteiger partial charge in [0.15, 0.2) is 0 Å². The Labute approximate surface area is 158 Å². The minimum atomic E-state index is 0.236. The van der Waals surface area contributed by atoms with Crippen LogP contribution in [0.4, 0.5) is 0 Å². The molecule has 0 aliphatic rings. The molecule has 0 rings (SSSR count). The van der Waals surface area contributed by atoms with Crippen LogP contribution in [0.3, 0.4) is 0 Å². The Morgan fingerprint density at radius 2 is 1.12 bits per heavy atom. The van der Waals surface area contributed by atoms with Gasteiger partial charge in [-0.15, -0.1) is 0 Å². The SMILES string of the molecule is CCC(N(C)CCO)N(CCCN(CC)CC)CCCN(CC)CC. The summed E-state index contributed by atoms with van der Waals surface area (Å²) in [4.78, 5) is 9.97. The van der Waals surface area contributed by atoms with Crippen LogP contribution in [0.2, 0.25) is 0 Å². The number of hydrogen-bond acceptors (Lipinski definition) is 5. The van der Waals surface area contributed by atoms with Gasteiger partial charge in [-0.25, -0.2) is 0 Å². The van der Waals surface area contributed by atoms with Crippen LogP contribution in [0.25, 0.3) is 0 Å². The van der Waals surface area contributed by atoms with E-state index < -0.39 is 0 Å². The molecule has 5 nitrogen and oxygen atoms in total. The van der Waals surface area contributed by atoms with E-state index in [1.165, 1.54) is 25.9 Å². The summed E-state index contributed by atoms with van der Waals surface area (Å²) in [6.45, 7) is 21.4. The molecule has 1 unspecified atom stereocenters. The van der Waals surface area contributed by atoms with Crippen LogP contribution >= 0.6 is 0 Å². The molecule has 5 heteroatoms. The molecule has 0 spiro atoms. The van der Waals surface area contributed by atoms with Crippen molar-refractivity contribution >= 4 is 0 Å². The quantitative estimate of drug-likeness (QED) is 0.404. The van der Waals surface area contributed by atoms with E-state index in [9.17, 15) is 5.11 Å². The summed E-state index contributed by atoms with van der Waals surface area (Å²) in [6, 6.07) is 0. The summed E-state index contributed by atoms with van der Waals surface area (Å²) in [7, 11) is 2.15. The molecule has 0 radical (unpaired) electrons. The van der Waals surface area contributed by atoms with Crippen molar-refractivity contribution < 1.29 is 5.11 Å². The average molecular weight is 359 g/mol. The van der Waals surface area contributed by atoms with Gasteiger partial charge in [0, 0.05) is 19.6 Å². The van der Waals surface area contributed by atoms with Crippen LogP contribution in [0, 0.1) is 0 Å². The molecule has 0 saturated carbocycles. The van der Waals surface area contributed by atoms with Gasteiger partial charge in [-0.05, 0) is 65.6 Å². The molecule has 1 N–H and O–H groups in total. The third-order valence-corrected chi connectivity index (χ3v) is 5.38. The van der Waals surface area contributed by atoms with E-state index in [-0.39, 0.29) is 6.61 Å². The first-order valence-corrected chi connectivity index (χ1v) is 10.6. The van der Waals surface area contributed by atoms with Gasteiger partial charge in [-0.3, -0.25) is 9.80 Å². The van der Waals surface area contributed by atoms with Gasteiger partial charge in [0.2, 0.25) is 0 Å². The first-order chi connectivity index (χ1) is 12.1. The highest BCUT2D eigenvalue weighted by Gasteiger charge is 2.20. The molecule has 0 amide bonds. The Bertz CT molecular complexity index is 265. The number of rotatable bonds is 17. The van der Waals surface area contributed by atoms with Gasteiger partial charge in [-0.2, -0.15) is 0 Å². The fraction of sp³-hybridized carbons (Fsp3) is 1.00. The smallest absolute Gasteiger partial charge is 0.0618 e. The lowest BCUT2D eigenvalue weighted by Gasteiger charge is -2.38. The van der Waals surface area contributed by atoms with Crippen molar-refractivity contribution in [2.24, 2.45) is 0 Å². The summed E-state index contributed by atoms with van der Waals surface area (Å²) in [5.41, 5.74) is 0. The standard InChI is InChI=1S/C20H46N4O/c1-7-20(21(6)18-19-25)24(16-12-14-22(8-2)9-3)17-13-15-23(10-4)11-5/h20,25H,7-19H2,1-6H3. The van der Waals surface area contributed by atoms with Crippen LogP contribution in [-0.4, -0.2) is 103 Å². The minimum absolute atomic E-state index is 0.236. The van der Waals surface area contributed by atoms with Crippen LogP contribution in [0.15, 0.2) is 0 Å². The highest BCUT2D eigenvalue weighted by atomic mass is 16.3. The van der Waals surface area contributed by atoms with Crippen molar-refractivity contribution in [3.05, 3.63) is 0 Å². The molecule has 0 aromatic heterocycles. The van der Waals surface area contributed by atoms with Crippen LogP contribution in [0.1, 0.15) is 53.9 Å². The largest absolute Gasteiger partial charge is 0.395 e. The second-order valence-corrected chi connectivity index (χ2v) is 6.89. The topological polar surface area (TPSA) is 33.2 Å². The summed E-state index contributed by atoms with van der Waals surface area (Å²) in [5, 5.41) is 9.31. The molecule has 0 saturated heterocycles. The van der Waals surface area contributed by atoms with E-state index in [0.717, 1.165) is 52.2 Å². The molecule has 0 bridgehead atoms. The molecule has 0 aliphatic carbocycles. The van der Waals surface area contributed by atoms with E-state index in [2.05, 4.69) is 61.3 Å². The monoisotopic (exact) mass is 358 g/mol. The van der Waals surface area contributed by atoms with Gasteiger partial charge >= 0.3 is 0 Å². The number of aliphatic hydroxyl groups is 1. The lowest BCUT2D eigenvalue weighted by atomic mass is 10.2. The molecule has 25 heavy (non-hydrogen) atoms. The normalized spacial score (nSPS) is 13.6. The molecule has 1 atom stereocenters.